The van der Waals surface area contributed by atoms with Gasteiger partial charge >= 0.3 is 0 Å². The number of benzene rings is 2. The van der Waals surface area contributed by atoms with Crippen LogP contribution in [0.4, 0.5) is 0 Å². The summed E-state index contributed by atoms with van der Waals surface area (Å²) in [6, 6.07) is 12.7. The Balaban J connectivity index is 1.73. The molecule has 0 bridgehead atoms. The summed E-state index contributed by atoms with van der Waals surface area (Å²) in [5, 5.41) is 1.12. The summed E-state index contributed by atoms with van der Waals surface area (Å²) in [5.41, 5.74) is 0.827. The van der Waals surface area contributed by atoms with E-state index in [1.807, 2.05) is 41.1 Å². The second-order valence-electron chi connectivity index (χ2n) is 5.49. The summed E-state index contributed by atoms with van der Waals surface area (Å²) in [4.78, 5) is 4.06. The topological polar surface area (TPSA) is 45.5 Å². The summed E-state index contributed by atoms with van der Waals surface area (Å²) in [6.45, 7) is 0.579. The smallest absolute Gasteiger partial charge is 0.190 e. The maximum absolute atomic E-state index is 6.36. The zero-order valence-corrected chi connectivity index (χ0v) is 15.7. The van der Waals surface area contributed by atoms with Gasteiger partial charge in [-0.2, -0.15) is 0 Å². The van der Waals surface area contributed by atoms with Crippen LogP contribution in [0.1, 0.15) is 11.7 Å². The number of methoxy groups -OCH3 is 1. The molecule has 1 atom stereocenters. The first-order valence-corrected chi connectivity index (χ1v) is 8.71. The molecule has 0 N–H and O–H groups in total. The van der Waals surface area contributed by atoms with E-state index >= 15 is 0 Å². The lowest BCUT2D eigenvalue weighted by Gasteiger charge is -2.21. The summed E-state index contributed by atoms with van der Waals surface area (Å²) in [5.74, 6) is 1.25. The average Bonchev–Trinajstić information content (AvgIpc) is 3.14. The molecule has 0 spiro atoms. The van der Waals surface area contributed by atoms with Crippen LogP contribution in [0.15, 0.2) is 61.2 Å². The van der Waals surface area contributed by atoms with E-state index in [0.717, 1.165) is 5.56 Å². The van der Waals surface area contributed by atoms with Crippen molar-refractivity contribution in [1.82, 2.24) is 9.55 Å². The molecule has 0 fully saturated rings. The van der Waals surface area contributed by atoms with Gasteiger partial charge < -0.3 is 18.8 Å². The van der Waals surface area contributed by atoms with Crippen molar-refractivity contribution in [2.24, 2.45) is 0 Å². The zero-order valence-electron chi connectivity index (χ0n) is 14.1. The first kappa shape index (κ1) is 18.6. The molecule has 0 aliphatic rings. The van der Waals surface area contributed by atoms with Crippen LogP contribution in [-0.4, -0.2) is 23.5 Å². The highest BCUT2D eigenvalue weighted by molar-refractivity contribution is 6.35. The van der Waals surface area contributed by atoms with E-state index in [-0.39, 0.29) is 12.9 Å². The lowest BCUT2D eigenvalue weighted by molar-refractivity contribution is -0.0452. The number of nitrogens with zero attached hydrogens (tertiary/aromatic N) is 2. The van der Waals surface area contributed by atoms with E-state index < -0.39 is 0 Å². The highest BCUT2D eigenvalue weighted by Crippen LogP contribution is 2.31. The van der Waals surface area contributed by atoms with Gasteiger partial charge in [-0.1, -0.05) is 41.4 Å². The number of rotatable bonds is 8. The Morgan fingerprint density at radius 2 is 1.92 bits per heavy atom. The fourth-order valence-electron chi connectivity index (χ4n) is 2.51. The Hall–Kier alpha value is -2.21. The van der Waals surface area contributed by atoms with Gasteiger partial charge in [-0.15, -0.1) is 0 Å². The number of hydrogen-bond donors (Lipinski definition) is 0. The standard InChI is InChI=1S/C19H18Cl2N2O3/c1-24-17-4-2-3-5-18(17)25-13-26-19(11-23-9-8-22-12-23)15-7-6-14(20)10-16(15)21/h2-10,12,19H,11,13H2,1H3. The zero-order chi connectivity index (χ0) is 18.4. The first-order valence-electron chi connectivity index (χ1n) is 7.95. The average molecular weight is 393 g/mol. The van der Waals surface area contributed by atoms with Crippen molar-refractivity contribution in [3.8, 4) is 11.5 Å². The van der Waals surface area contributed by atoms with Gasteiger partial charge in [-0.25, -0.2) is 4.98 Å². The molecule has 136 valence electrons. The lowest BCUT2D eigenvalue weighted by atomic mass is 10.1. The van der Waals surface area contributed by atoms with E-state index in [1.54, 1.807) is 31.8 Å². The predicted octanol–water partition coefficient (Wildman–Crippen LogP) is 4.99. The Bertz CT molecular complexity index is 841. The van der Waals surface area contributed by atoms with Gasteiger partial charge in [0.25, 0.3) is 0 Å². The van der Waals surface area contributed by atoms with Crippen LogP contribution in [0.5, 0.6) is 11.5 Å². The third kappa shape index (κ3) is 4.69. The van der Waals surface area contributed by atoms with Crippen LogP contribution >= 0.6 is 23.2 Å². The highest BCUT2D eigenvalue weighted by Gasteiger charge is 2.17. The van der Waals surface area contributed by atoms with Crippen LogP contribution in [0.25, 0.3) is 0 Å². The molecule has 5 nitrogen and oxygen atoms in total. The minimum atomic E-state index is -0.330. The fraction of sp³-hybridized carbons (Fsp3) is 0.211. The molecule has 3 rings (SSSR count). The monoisotopic (exact) mass is 392 g/mol. The molecule has 0 amide bonds. The summed E-state index contributed by atoms with van der Waals surface area (Å²) >= 11 is 12.4. The molecular formula is C19H18Cl2N2O3. The molecule has 26 heavy (non-hydrogen) atoms. The number of halogens is 2. The van der Waals surface area contributed by atoms with E-state index in [0.29, 0.717) is 28.1 Å². The van der Waals surface area contributed by atoms with Crippen molar-refractivity contribution in [3.05, 3.63) is 76.8 Å². The van der Waals surface area contributed by atoms with Crippen molar-refractivity contribution in [3.63, 3.8) is 0 Å². The van der Waals surface area contributed by atoms with Gasteiger partial charge in [0.05, 0.1) is 20.0 Å². The normalized spacial score (nSPS) is 12.0. The van der Waals surface area contributed by atoms with E-state index in [9.17, 15) is 0 Å². The van der Waals surface area contributed by atoms with Crippen molar-refractivity contribution in [2.75, 3.05) is 13.9 Å². The Kier molecular flexibility index (Phi) is 6.39. The molecule has 1 unspecified atom stereocenters. The molecule has 0 radical (unpaired) electrons. The largest absolute Gasteiger partial charge is 0.493 e. The molecule has 0 aliphatic heterocycles. The van der Waals surface area contributed by atoms with Crippen molar-refractivity contribution in [2.45, 2.75) is 12.6 Å². The van der Waals surface area contributed by atoms with Gasteiger partial charge in [-0.3, -0.25) is 0 Å². The van der Waals surface area contributed by atoms with Crippen molar-refractivity contribution in [1.29, 1.82) is 0 Å². The third-order valence-corrected chi connectivity index (χ3v) is 4.36. The molecule has 7 heteroatoms. The second kappa shape index (κ2) is 8.94. The van der Waals surface area contributed by atoms with Crippen LogP contribution in [0.2, 0.25) is 10.0 Å². The minimum absolute atomic E-state index is 0.0404. The molecule has 0 saturated carbocycles. The second-order valence-corrected chi connectivity index (χ2v) is 6.34. The van der Waals surface area contributed by atoms with Crippen molar-refractivity contribution >= 4 is 23.2 Å². The summed E-state index contributed by atoms with van der Waals surface area (Å²) in [6.07, 6.45) is 4.97. The lowest BCUT2D eigenvalue weighted by Crippen LogP contribution is -2.15. The third-order valence-electron chi connectivity index (χ3n) is 3.80. The van der Waals surface area contributed by atoms with Crippen LogP contribution in [-0.2, 0) is 11.3 Å². The van der Waals surface area contributed by atoms with Crippen molar-refractivity contribution < 1.29 is 14.2 Å². The first-order chi connectivity index (χ1) is 12.7. The van der Waals surface area contributed by atoms with E-state index in [2.05, 4.69) is 4.98 Å². The van der Waals surface area contributed by atoms with Gasteiger partial charge in [0.1, 0.15) is 6.10 Å². The Morgan fingerprint density at radius 3 is 2.62 bits per heavy atom. The minimum Gasteiger partial charge on any atom is -0.493 e. The molecule has 0 aliphatic carbocycles. The number of imidazole rings is 1. The van der Waals surface area contributed by atoms with Crippen LogP contribution in [0.3, 0.4) is 0 Å². The van der Waals surface area contributed by atoms with E-state index in [4.69, 9.17) is 37.4 Å². The van der Waals surface area contributed by atoms with E-state index in [1.165, 1.54) is 0 Å². The number of para-hydroxylation sites is 2. The Morgan fingerprint density at radius 1 is 1.12 bits per heavy atom. The van der Waals surface area contributed by atoms with Crippen LogP contribution in [0, 0.1) is 0 Å². The molecule has 0 saturated heterocycles. The maximum Gasteiger partial charge on any atom is 0.190 e. The Labute approximate surface area is 162 Å². The van der Waals surface area contributed by atoms with Gasteiger partial charge in [0, 0.05) is 28.0 Å². The number of ether oxygens (including phenoxy) is 3. The fourth-order valence-corrected chi connectivity index (χ4v) is 3.04. The van der Waals surface area contributed by atoms with Gasteiger partial charge in [0.2, 0.25) is 0 Å². The summed E-state index contributed by atoms with van der Waals surface area (Å²) < 4.78 is 18.9. The molecule has 1 heterocycles. The maximum atomic E-state index is 6.36. The van der Waals surface area contributed by atoms with Gasteiger partial charge in [0.15, 0.2) is 18.3 Å². The highest BCUT2D eigenvalue weighted by atomic mass is 35.5. The quantitative estimate of drug-likeness (QED) is 0.506. The summed E-state index contributed by atoms with van der Waals surface area (Å²) in [7, 11) is 1.60. The molecule has 1 aromatic heterocycles. The van der Waals surface area contributed by atoms with Gasteiger partial charge in [-0.05, 0) is 24.3 Å². The molecule has 3 aromatic rings. The van der Waals surface area contributed by atoms with Crippen LogP contribution < -0.4 is 9.47 Å². The predicted molar refractivity (Wildman–Crippen MR) is 101 cm³/mol. The number of hydrogen-bond acceptors (Lipinski definition) is 4. The number of aromatic nitrogens is 2. The molecular weight excluding hydrogens is 375 g/mol. The SMILES string of the molecule is COc1ccccc1OCOC(Cn1ccnc1)c1ccc(Cl)cc1Cl. The molecule has 2 aromatic carbocycles.